The van der Waals surface area contributed by atoms with Gasteiger partial charge < -0.3 is 15.0 Å². The maximum absolute atomic E-state index is 11.6. The summed E-state index contributed by atoms with van der Waals surface area (Å²) in [6, 6.07) is 19.8. The van der Waals surface area contributed by atoms with E-state index in [4.69, 9.17) is 5.10 Å². The zero-order chi connectivity index (χ0) is 21.5. The van der Waals surface area contributed by atoms with Gasteiger partial charge >= 0.3 is 5.97 Å². The van der Waals surface area contributed by atoms with Gasteiger partial charge in [-0.2, -0.15) is 5.10 Å². The summed E-state index contributed by atoms with van der Waals surface area (Å²) in [7, 11) is 2.03. The van der Waals surface area contributed by atoms with Crippen molar-refractivity contribution in [1.82, 2.24) is 19.7 Å². The monoisotopic (exact) mass is 411 g/mol. The summed E-state index contributed by atoms with van der Waals surface area (Å²) < 4.78 is 1.93. The Morgan fingerprint density at radius 3 is 2.61 bits per heavy atom. The number of aryl methyl sites for hydroxylation is 1. The number of rotatable bonds is 5. The number of para-hydroxylation sites is 1. The van der Waals surface area contributed by atoms with Gasteiger partial charge in [0.05, 0.1) is 33.5 Å². The second-order valence-corrected chi connectivity index (χ2v) is 7.37. The van der Waals surface area contributed by atoms with Crippen LogP contribution in [0.3, 0.4) is 0 Å². The number of hydrogen-bond donors (Lipinski definition) is 2. The lowest BCUT2D eigenvalue weighted by atomic mass is 10.1. The normalized spacial score (nSPS) is 11.3. The molecule has 7 heteroatoms. The molecule has 5 rings (SSSR count). The fourth-order valence-corrected chi connectivity index (χ4v) is 3.98. The van der Waals surface area contributed by atoms with Crippen molar-refractivity contribution in [2.75, 3.05) is 11.9 Å². The van der Waals surface area contributed by atoms with E-state index in [1.165, 1.54) is 12.3 Å². The van der Waals surface area contributed by atoms with E-state index in [2.05, 4.69) is 45.2 Å². The molecule has 3 aromatic heterocycles. The van der Waals surface area contributed by atoms with Gasteiger partial charge in [-0.15, -0.1) is 0 Å². The second-order valence-electron chi connectivity index (χ2n) is 7.37. The Hall–Kier alpha value is -4.13. The number of carbonyl (C=O) groups is 1. The molecule has 0 radical (unpaired) electrons. The molecular formula is C24H21N5O2. The molecule has 0 amide bonds. The molecule has 0 fully saturated rings. The van der Waals surface area contributed by atoms with Crippen LogP contribution in [0.2, 0.25) is 0 Å². The van der Waals surface area contributed by atoms with E-state index in [-0.39, 0.29) is 5.56 Å². The van der Waals surface area contributed by atoms with Gasteiger partial charge in [0.25, 0.3) is 0 Å². The number of H-pyrrole nitrogens is 1. The topological polar surface area (TPSA) is 87.0 Å². The molecule has 0 aliphatic heterocycles. The van der Waals surface area contributed by atoms with Crippen LogP contribution in [0.1, 0.15) is 17.3 Å². The lowest BCUT2D eigenvalue weighted by Crippen LogP contribution is -2.08. The van der Waals surface area contributed by atoms with E-state index in [1.807, 2.05) is 42.9 Å². The number of pyridine rings is 1. The van der Waals surface area contributed by atoms with E-state index in [0.717, 1.165) is 33.7 Å². The SMILES string of the molecule is CCn1nc2cc(N(C)c3ccccc3)ccc2c1-c1cc2nccc(C(=O)O)c2[nH]1. The van der Waals surface area contributed by atoms with Gasteiger partial charge in [0, 0.05) is 36.6 Å². The van der Waals surface area contributed by atoms with Gasteiger partial charge in [-0.1, -0.05) is 18.2 Å². The van der Waals surface area contributed by atoms with Gasteiger partial charge in [-0.05, 0) is 49.4 Å². The molecule has 7 nitrogen and oxygen atoms in total. The smallest absolute Gasteiger partial charge is 0.337 e. The Bertz CT molecular complexity index is 1420. The Labute approximate surface area is 178 Å². The Balaban J connectivity index is 1.65. The number of anilines is 2. The van der Waals surface area contributed by atoms with E-state index in [1.54, 1.807) is 0 Å². The highest BCUT2D eigenvalue weighted by molar-refractivity contribution is 6.03. The van der Waals surface area contributed by atoms with E-state index >= 15 is 0 Å². The summed E-state index contributed by atoms with van der Waals surface area (Å²) in [5.41, 5.74) is 6.06. The summed E-state index contributed by atoms with van der Waals surface area (Å²) in [5.74, 6) is -0.983. The Morgan fingerprint density at radius 2 is 1.87 bits per heavy atom. The van der Waals surface area contributed by atoms with Crippen LogP contribution >= 0.6 is 0 Å². The first kappa shape index (κ1) is 18.9. The van der Waals surface area contributed by atoms with E-state index in [9.17, 15) is 9.90 Å². The second kappa shape index (κ2) is 7.28. The highest BCUT2D eigenvalue weighted by Gasteiger charge is 2.18. The molecule has 154 valence electrons. The third kappa shape index (κ3) is 3.11. The lowest BCUT2D eigenvalue weighted by Gasteiger charge is -2.19. The van der Waals surface area contributed by atoms with Crippen LogP contribution in [0.25, 0.3) is 33.3 Å². The van der Waals surface area contributed by atoms with Gasteiger partial charge in [0.2, 0.25) is 0 Å². The summed E-state index contributed by atoms with van der Waals surface area (Å²) in [4.78, 5) is 21.3. The van der Waals surface area contributed by atoms with Gasteiger partial charge in [-0.25, -0.2) is 4.79 Å². The van der Waals surface area contributed by atoms with Crippen molar-refractivity contribution in [2.45, 2.75) is 13.5 Å². The molecular weight excluding hydrogens is 390 g/mol. The molecule has 0 saturated heterocycles. The van der Waals surface area contributed by atoms with Crippen LogP contribution in [0.5, 0.6) is 0 Å². The number of nitrogens with one attached hydrogen (secondary N) is 1. The maximum atomic E-state index is 11.6. The number of hydrogen-bond acceptors (Lipinski definition) is 4. The fourth-order valence-electron chi connectivity index (χ4n) is 3.98. The number of carboxylic acid groups (broad SMARTS) is 1. The number of carboxylic acids is 1. The van der Waals surface area contributed by atoms with Gasteiger partial charge in [0.1, 0.15) is 0 Å². The number of aromatic carboxylic acids is 1. The molecule has 0 aliphatic rings. The molecule has 0 aliphatic carbocycles. The van der Waals surface area contributed by atoms with Crippen molar-refractivity contribution in [3.05, 3.63) is 72.4 Å². The summed E-state index contributed by atoms with van der Waals surface area (Å²) in [6.07, 6.45) is 1.52. The van der Waals surface area contributed by atoms with Crippen molar-refractivity contribution in [1.29, 1.82) is 0 Å². The summed E-state index contributed by atoms with van der Waals surface area (Å²) in [5, 5.41) is 15.3. The third-order valence-electron chi connectivity index (χ3n) is 5.56. The molecule has 2 aromatic carbocycles. The van der Waals surface area contributed by atoms with Crippen LogP contribution in [0.15, 0.2) is 66.9 Å². The van der Waals surface area contributed by atoms with E-state index < -0.39 is 5.97 Å². The van der Waals surface area contributed by atoms with Crippen molar-refractivity contribution in [2.24, 2.45) is 0 Å². The minimum absolute atomic E-state index is 0.204. The first-order valence-corrected chi connectivity index (χ1v) is 10.1. The molecule has 0 unspecified atom stereocenters. The van der Waals surface area contributed by atoms with Crippen molar-refractivity contribution >= 4 is 39.3 Å². The minimum Gasteiger partial charge on any atom is -0.478 e. The molecule has 0 atom stereocenters. The van der Waals surface area contributed by atoms with Crippen LogP contribution in [0.4, 0.5) is 11.4 Å². The number of aromatic amines is 1. The highest BCUT2D eigenvalue weighted by atomic mass is 16.4. The van der Waals surface area contributed by atoms with Crippen LogP contribution in [-0.4, -0.2) is 37.9 Å². The molecule has 0 saturated carbocycles. The molecule has 31 heavy (non-hydrogen) atoms. The largest absolute Gasteiger partial charge is 0.478 e. The summed E-state index contributed by atoms with van der Waals surface area (Å²) in [6.45, 7) is 2.72. The van der Waals surface area contributed by atoms with Gasteiger partial charge in [0.15, 0.2) is 0 Å². The number of aromatic nitrogens is 4. The minimum atomic E-state index is -0.983. The fraction of sp³-hybridized carbons (Fsp3) is 0.125. The average molecular weight is 411 g/mol. The van der Waals surface area contributed by atoms with Crippen LogP contribution in [0, 0.1) is 0 Å². The van der Waals surface area contributed by atoms with Gasteiger partial charge in [-0.3, -0.25) is 9.67 Å². The number of fused-ring (bicyclic) bond motifs is 2. The van der Waals surface area contributed by atoms with Crippen molar-refractivity contribution in [3.8, 4) is 11.4 Å². The zero-order valence-electron chi connectivity index (χ0n) is 17.2. The van der Waals surface area contributed by atoms with E-state index in [0.29, 0.717) is 17.6 Å². The highest BCUT2D eigenvalue weighted by Crippen LogP contribution is 2.34. The predicted octanol–water partition coefficient (Wildman–Crippen LogP) is 5.07. The zero-order valence-corrected chi connectivity index (χ0v) is 17.2. The molecule has 3 heterocycles. The molecule has 2 N–H and O–H groups in total. The van der Waals surface area contributed by atoms with Crippen LogP contribution < -0.4 is 4.90 Å². The molecule has 5 aromatic rings. The van der Waals surface area contributed by atoms with Crippen LogP contribution in [-0.2, 0) is 6.54 Å². The molecule has 0 spiro atoms. The standard InChI is InChI=1S/C24H21N5O2/c1-3-29-23(21-14-20-22(26-21)18(24(30)31)11-12-25-20)17-10-9-16(13-19(17)27-29)28(2)15-7-5-4-6-8-15/h4-14,26H,3H2,1-2H3,(H,30,31). The maximum Gasteiger partial charge on any atom is 0.337 e. The first-order chi connectivity index (χ1) is 15.1. The third-order valence-corrected chi connectivity index (χ3v) is 5.56. The Morgan fingerprint density at radius 1 is 1.06 bits per heavy atom. The predicted molar refractivity (Wildman–Crippen MR) is 122 cm³/mol. The lowest BCUT2D eigenvalue weighted by molar-refractivity contribution is 0.0698. The number of nitrogens with zero attached hydrogens (tertiary/aromatic N) is 4. The number of benzene rings is 2. The van der Waals surface area contributed by atoms with Crippen molar-refractivity contribution < 1.29 is 9.90 Å². The Kier molecular flexibility index (Phi) is 4.43. The van der Waals surface area contributed by atoms with Crippen molar-refractivity contribution in [3.63, 3.8) is 0 Å². The quantitative estimate of drug-likeness (QED) is 0.422. The average Bonchev–Trinajstić information content (AvgIpc) is 3.38. The molecule has 0 bridgehead atoms. The first-order valence-electron chi connectivity index (χ1n) is 10.1. The summed E-state index contributed by atoms with van der Waals surface area (Å²) >= 11 is 0.